The molecule has 2 fully saturated rings. The third kappa shape index (κ3) is 4.94. The Bertz CT molecular complexity index is 322. The van der Waals surface area contributed by atoms with Gasteiger partial charge in [0, 0.05) is 19.2 Å². The number of nitrogens with one attached hydrogen (secondary N) is 2. The number of rotatable bonds is 2. The van der Waals surface area contributed by atoms with Crippen LogP contribution in [0.3, 0.4) is 0 Å². The van der Waals surface area contributed by atoms with Crippen molar-refractivity contribution in [2.75, 3.05) is 19.7 Å². The van der Waals surface area contributed by atoms with Crippen LogP contribution in [0.15, 0.2) is 0 Å². The van der Waals surface area contributed by atoms with E-state index in [1.165, 1.54) is 12.8 Å². The maximum absolute atomic E-state index is 11.8. The highest BCUT2D eigenvalue weighted by Gasteiger charge is 2.31. The second kappa shape index (κ2) is 6.76. The minimum absolute atomic E-state index is 0.172. The molecule has 2 rings (SSSR count). The van der Waals surface area contributed by atoms with Gasteiger partial charge in [-0.25, -0.2) is 4.79 Å². The molecule has 0 unspecified atom stereocenters. The number of hydrogen-bond donors (Lipinski definition) is 2. The first-order valence-corrected chi connectivity index (χ1v) is 7.76. The summed E-state index contributed by atoms with van der Waals surface area (Å²) >= 11 is 0. The Balaban J connectivity index is 1.79. The number of amides is 1. The molecule has 20 heavy (non-hydrogen) atoms. The molecule has 5 nitrogen and oxygen atoms in total. The maximum atomic E-state index is 11.8. The summed E-state index contributed by atoms with van der Waals surface area (Å²) in [5.74, 6) is 0.576. The van der Waals surface area contributed by atoms with E-state index in [0.717, 1.165) is 32.5 Å². The van der Waals surface area contributed by atoms with Crippen molar-refractivity contribution in [1.82, 2.24) is 10.6 Å². The van der Waals surface area contributed by atoms with Crippen LogP contribution in [0.1, 0.15) is 46.5 Å². The van der Waals surface area contributed by atoms with E-state index in [9.17, 15) is 4.79 Å². The minimum atomic E-state index is -0.443. The number of carbonyl (C=O) groups is 1. The number of carbonyl (C=O) groups excluding carboxylic acids is 1. The summed E-state index contributed by atoms with van der Waals surface area (Å²) in [5.41, 5.74) is -0.443. The van der Waals surface area contributed by atoms with Gasteiger partial charge >= 0.3 is 6.09 Å². The molecule has 2 aliphatic heterocycles. The zero-order chi connectivity index (χ0) is 14.6. The van der Waals surface area contributed by atoms with Gasteiger partial charge in [0.1, 0.15) is 5.60 Å². The topological polar surface area (TPSA) is 59.6 Å². The smallest absolute Gasteiger partial charge is 0.407 e. The Morgan fingerprint density at radius 2 is 2.15 bits per heavy atom. The lowest BCUT2D eigenvalue weighted by molar-refractivity contribution is -0.0393. The quantitative estimate of drug-likeness (QED) is 0.815. The van der Waals surface area contributed by atoms with Crippen molar-refractivity contribution in [3.63, 3.8) is 0 Å². The third-order valence-corrected chi connectivity index (χ3v) is 3.90. The lowest BCUT2D eigenvalue weighted by atomic mass is 9.88. The van der Waals surface area contributed by atoms with E-state index in [2.05, 4.69) is 10.6 Å². The maximum Gasteiger partial charge on any atom is 0.407 e. The lowest BCUT2D eigenvalue weighted by Gasteiger charge is -2.37. The van der Waals surface area contributed by atoms with Gasteiger partial charge in [0.2, 0.25) is 0 Å². The van der Waals surface area contributed by atoms with Crippen LogP contribution in [-0.4, -0.2) is 43.5 Å². The molecule has 0 saturated carbocycles. The largest absolute Gasteiger partial charge is 0.444 e. The van der Waals surface area contributed by atoms with Gasteiger partial charge in [0.05, 0.1) is 6.10 Å². The van der Waals surface area contributed by atoms with Gasteiger partial charge in [-0.3, -0.25) is 0 Å². The van der Waals surface area contributed by atoms with Gasteiger partial charge in [0.15, 0.2) is 0 Å². The molecule has 0 spiro atoms. The molecule has 2 heterocycles. The fourth-order valence-electron chi connectivity index (χ4n) is 2.96. The van der Waals surface area contributed by atoms with Crippen molar-refractivity contribution >= 4 is 6.09 Å². The van der Waals surface area contributed by atoms with Gasteiger partial charge in [-0.05, 0) is 58.9 Å². The van der Waals surface area contributed by atoms with E-state index < -0.39 is 5.60 Å². The van der Waals surface area contributed by atoms with E-state index in [-0.39, 0.29) is 18.2 Å². The summed E-state index contributed by atoms with van der Waals surface area (Å²) in [4.78, 5) is 11.8. The first-order chi connectivity index (χ1) is 9.44. The Kier molecular flexibility index (Phi) is 5.27. The Hall–Kier alpha value is -0.810. The summed E-state index contributed by atoms with van der Waals surface area (Å²) < 4.78 is 11.2. The fraction of sp³-hybridized carbons (Fsp3) is 0.933. The number of ether oxygens (including phenoxy) is 2. The summed E-state index contributed by atoms with van der Waals surface area (Å²) in [6.07, 6.45) is 4.15. The SMILES string of the molecule is CC(C)(C)OC(=O)N[C@@H]1CCO[C@H]([C@H]2CCCNC2)C1. The van der Waals surface area contributed by atoms with E-state index in [4.69, 9.17) is 9.47 Å². The summed E-state index contributed by atoms with van der Waals surface area (Å²) in [5, 5.41) is 6.41. The van der Waals surface area contributed by atoms with Crippen LogP contribution in [0.4, 0.5) is 4.79 Å². The molecule has 0 aromatic rings. The van der Waals surface area contributed by atoms with Gasteiger partial charge in [-0.15, -0.1) is 0 Å². The first-order valence-electron chi connectivity index (χ1n) is 7.76. The van der Waals surface area contributed by atoms with E-state index >= 15 is 0 Å². The van der Waals surface area contributed by atoms with E-state index in [1.807, 2.05) is 20.8 Å². The monoisotopic (exact) mass is 284 g/mol. The van der Waals surface area contributed by atoms with Crippen LogP contribution in [0, 0.1) is 5.92 Å². The standard InChI is InChI=1S/C15H28N2O3/c1-15(2,3)20-14(18)17-12-6-8-19-13(9-12)11-5-4-7-16-10-11/h11-13,16H,4-10H2,1-3H3,(H,17,18)/t11-,12+,13-/m0/s1. The first kappa shape index (κ1) is 15.6. The predicted octanol–water partition coefficient (Wildman–Crippen LogP) is 2.06. The van der Waals surface area contributed by atoms with Gasteiger partial charge in [0.25, 0.3) is 0 Å². The zero-order valence-corrected chi connectivity index (χ0v) is 12.9. The Morgan fingerprint density at radius 3 is 2.80 bits per heavy atom. The third-order valence-electron chi connectivity index (χ3n) is 3.90. The predicted molar refractivity (Wildman–Crippen MR) is 77.7 cm³/mol. The number of alkyl carbamates (subject to hydrolysis) is 1. The van der Waals surface area contributed by atoms with Crippen LogP contribution in [0.2, 0.25) is 0 Å². The van der Waals surface area contributed by atoms with Crippen molar-refractivity contribution in [2.24, 2.45) is 5.92 Å². The summed E-state index contributed by atoms with van der Waals surface area (Å²) in [6, 6.07) is 0.172. The normalized spacial score (nSPS) is 31.6. The van der Waals surface area contributed by atoms with Crippen molar-refractivity contribution < 1.29 is 14.3 Å². The van der Waals surface area contributed by atoms with Crippen molar-refractivity contribution in [3.8, 4) is 0 Å². The average molecular weight is 284 g/mol. The molecule has 0 radical (unpaired) electrons. The molecule has 0 bridgehead atoms. The van der Waals surface area contributed by atoms with Crippen LogP contribution in [-0.2, 0) is 9.47 Å². The van der Waals surface area contributed by atoms with Crippen molar-refractivity contribution in [3.05, 3.63) is 0 Å². The molecule has 2 aliphatic rings. The van der Waals surface area contributed by atoms with Crippen molar-refractivity contribution in [1.29, 1.82) is 0 Å². The second-order valence-electron chi connectivity index (χ2n) is 6.88. The molecule has 0 aliphatic carbocycles. The average Bonchev–Trinajstić information content (AvgIpc) is 2.38. The molecule has 1 amide bonds. The molecule has 0 aromatic heterocycles. The minimum Gasteiger partial charge on any atom is -0.444 e. The van der Waals surface area contributed by atoms with Gasteiger partial charge in [-0.2, -0.15) is 0 Å². The Labute approximate surface area is 121 Å². The van der Waals surface area contributed by atoms with Crippen LogP contribution in [0.5, 0.6) is 0 Å². The number of piperidine rings is 1. The van der Waals surface area contributed by atoms with E-state index in [0.29, 0.717) is 5.92 Å². The van der Waals surface area contributed by atoms with E-state index in [1.54, 1.807) is 0 Å². The Morgan fingerprint density at radius 1 is 1.35 bits per heavy atom. The van der Waals surface area contributed by atoms with Gasteiger partial charge in [-0.1, -0.05) is 0 Å². The highest BCUT2D eigenvalue weighted by atomic mass is 16.6. The fourth-order valence-corrected chi connectivity index (χ4v) is 2.96. The molecule has 0 aromatic carbocycles. The molecular formula is C15H28N2O3. The molecule has 5 heteroatoms. The van der Waals surface area contributed by atoms with Crippen molar-refractivity contribution in [2.45, 2.75) is 64.2 Å². The summed E-state index contributed by atoms with van der Waals surface area (Å²) in [7, 11) is 0. The van der Waals surface area contributed by atoms with Crippen LogP contribution >= 0.6 is 0 Å². The number of hydrogen-bond acceptors (Lipinski definition) is 4. The lowest BCUT2D eigenvalue weighted by Crippen LogP contribution is -2.48. The van der Waals surface area contributed by atoms with Gasteiger partial charge < -0.3 is 20.1 Å². The zero-order valence-electron chi connectivity index (χ0n) is 12.9. The highest BCUT2D eigenvalue weighted by molar-refractivity contribution is 5.68. The van der Waals surface area contributed by atoms with Crippen LogP contribution < -0.4 is 10.6 Å². The summed E-state index contributed by atoms with van der Waals surface area (Å²) in [6.45, 7) is 8.52. The molecular weight excluding hydrogens is 256 g/mol. The van der Waals surface area contributed by atoms with Crippen LogP contribution in [0.25, 0.3) is 0 Å². The highest BCUT2D eigenvalue weighted by Crippen LogP contribution is 2.25. The molecule has 2 saturated heterocycles. The molecule has 3 atom stereocenters. The molecule has 116 valence electrons. The molecule has 2 N–H and O–H groups in total. The second-order valence-corrected chi connectivity index (χ2v) is 6.88.